The Morgan fingerprint density at radius 1 is 1.23 bits per heavy atom. The first kappa shape index (κ1) is 20.2. The lowest BCUT2D eigenvalue weighted by Crippen LogP contribution is -2.44. The van der Waals surface area contributed by atoms with E-state index in [1.54, 1.807) is 23.1 Å². The monoisotopic (exact) mass is 429 g/mol. The molecular formula is C22H18ClF2N3O2. The highest BCUT2D eigenvalue weighted by Gasteiger charge is 2.30. The van der Waals surface area contributed by atoms with Crippen molar-refractivity contribution in [3.05, 3.63) is 76.1 Å². The molecule has 2 heterocycles. The van der Waals surface area contributed by atoms with E-state index in [-0.39, 0.29) is 22.2 Å². The summed E-state index contributed by atoms with van der Waals surface area (Å²) < 4.78 is 29.4. The van der Waals surface area contributed by atoms with Gasteiger partial charge in [0.15, 0.2) is 0 Å². The second-order valence-electron chi connectivity index (χ2n) is 7.08. The number of nitrogens with zero attached hydrogens (tertiary/aromatic N) is 3. The average molecular weight is 430 g/mol. The maximum absolute atomic E-state index is 14.5. The molecule has 1 atom stereocenters. The largest absolute Gasteiger partial charge is 0.318 e. The number of amides is 1. The number of carbonyl (C=O) groups excluding carboxylic acids is 1. The van der Waals surface area contributed by atoms with E-state index in [1.165, 1.54) is 16.7 Å². The Bertz CT molecular complexity index is 1220. The van der Waals surface area contributed by atoms with Crippen LogP contribution in [-0.2, 0) is 4.79 Å². The van der Waals surface area contributed by atoms with E-state index in [0.29, 0.717) is 30.1 Å². The van der Waals surface area contributed by atoms with E-state index in [9.17, 15) is 18.4 Å². The van der Waals surface area contributed by atoms with E-state index in [1.807, 2.05) is 0 Å². The zero-order valence-electron chi connectivity index (χ0n) is 15.9. The summed E-state index contributed by atoms with van der Waals surface area (Å²) in [4.78, 5) is 31.9. The van der Waals surface area contributed by atoms with Crippen molar-refractivity contribution in [1.82, 2.24) is 14.5 Å². The molecule has 0 N–H and O–H groups in total. The van der Waals surface area contributed by atoms with Crippen molar-refractivity contribution >= 4 is 28.5 Å². The fraction of sp³-hybridized carbons (Fsp3) is 0.227. The number of hydrogen-bond acceptors (Lipinski definition) is 3. The number of piperidine rings is 1. The second-order valence-corrected chi connectivity index (χ2v) is 7.49. The van der Waals surface area contributed by atoms with Crippen LogP contribution in [0.3, 0.4) is 0 Å². The SMILES string of the molecule is C=CC(=O)N1CCCCC1n1c(=O)c(-c2ccc(F)cc2F)nc2c(Cl)cccc21. The van der Waals surface area contributed by atoms with Gasteiger partial charge in [0.05, 0.1) is 10.5 Å². The van der Waals surface area contributed by atoms with Crippen LogP contribution in [0.4, 0.5) is 8.78 Å². The number of carbonyl (C=O) groups is 1. The summed E-state index contributed by atoms with van der Waals surface area (Å²) in [6.45, 7) is 4.02. The third-order valence-electron chi connectivity index (χ3n) is 5.28. The summed E-state index contributed by atoms with van der Waals surface area (Å²) in [5.41, 5.74) is -0.162. The molecule has 0 radical (unpaired) electrons. The standard InChI is InChI=1S/C22H18ClF2N3O2/c1-2-19(29)27-11-4-3-8-18(27)28-17-7-5-6-15(23)21(17)26-20(22(28)30)14-10-9-13(24)12-16(14)25/h2,5-7,9-10,12,18H,1,3-4,8,11H2. The average Bonchev–Trinajstić information content (AvgIpc) is 2.74. The van der Waals surface area contributed by atoms with Gasteiger partial charge in [0.1, 0.15) is 29.0 Å². The van der Waals surface area contributed by atoms with Crippen molar-refractivity contribution < 1.29 is 13.6 Å². The molecule has 1 fully saturated rings. The van der Waals surface area contributed by atoms with Gasteiger partial charge in [0.2, 0.25) is 5.91 Å². The molecule has 1 aromatic heterocycles. The number of likely N-dealkylation sites (tertiary alicyclic amines) is 1. The Morgan fingerprint density at radius 2 is 2.03 bits per heavy atom. The maximum atomic E-state index is 14.5. The fourth-order valence-electron chi connectivity index (χ4n) is 3.90. The van der Waals surface area contributed by atoms with Gasteiger partial charge < -0.3 is 4.90 Å². The molecule has 0 aliphatic carbocycles. The van der Waals surface area contributed by atoms with Crippen LogP contribution < -0.4 is 5.56 Å². The highest BCUT2D eigenvalue weighted by Crippen LogP contribution is 2.31. The summed E-state index contributed by atoms with van der Waals surface area (Å²) >= 11 is 6.34. The quantitative estimate of drug-likeness (QED) is 0.567. The van der Waals surface area contributed by atoms with Crippen molar-refractivity contribution in [1.29, 1.82) is 0 Å². The third kappa shape index (κ3) is 3.39. The van der Waals surface area contributed by atoms with Crippen LogP contribution in [0.2, 0.25) is 5.02 Å². The summed E-state index contributed by atoms with van der Waals surface area (Å²) in [6.07, 6.45) is 2.76. The first-order valence-corrected chi connectivity index (χ1v) is 9.89. The molecule has 4 rings (SSSR count). The van der Waals surface area contributed by atoms with Gasteiger partial charge in [-0.15, -0.1) is 0 Å². The minimum Gasteiger partial charge on any atom is -0.318 e. The first-order chi connectivity index (χ1) is 14.4. The number of para-hydroxylation sites is 1. The molecule has 8 heteroatoms. The van der Waals surface area contributed by atoms with Gasteiger partial charge in [-0.2, -0.15) is 0 Å². The number of aromatic nitrogens is 2. The van der Waals surface area contributed by atoms with Crippen LogP contribution in [0.15, 0.2) is 53.8 Å². The summed E-state index contributed by atoms with van der Waals surface area (Å²) in [7, 11) is 0. The van der Waals surface area contributed by atoms with Crippen molar-refractivity contribution in [2.45, 2.75) is 25.4 Å². The van der Waals surface area contributed by atoms with Gasteiger partial charge in [-0.25, -0.2) is 13.8 Å². The lowest BCUT2D eigenvalue weighted by atomic mass is 10.1. The molecule has 0 spiro atoms. The lowest BCUT2D eigenvalue weighted by molar-refractivity contribution is -0.131. The molecule has 1 saturated heterocycles. The summed E-state index contributed by atoms with van der Waals surface area (Å²) in [5.74, 6) is -1.96. The zero-order valence-corrected chi connectivity index (χ0v) is 16.7. The molecule has 154 valence electrons. The van der Waals surface area contributed by atoms with Crippen LogP contribution in [0.5, 0.6) is 0 Å². The topological polar surface area (TPSA) is 55.2 Å². The Labute approximate surface area is 176 Å². The van der Waals surface area contributed by atoms with Gasteiger partial charge in [0.25, 0.3) is 5.56 Å². The maximum Gasteiger partial charge on any atom is 0.279 e. The normalized spacial score (nSPS) is 16.6. The molecule has 1 amide bonds. The van der Waals surface area contributed by atoms with Crippen molar-refractivity contribution in [2.75, 3.05) is 6.54 Å². The minimum atomic E-state index is -0.903. The number of fused-ring (bicyclic) bond motifs is 1. The minimum absolute atomic E-state index is 0.130. The third-order valence-corrected chi connectivity index (χ3v) is 5.59. The van der Waals surface area contributed by atoms with E-state index in [4.69, 9.17) is 11.6 Å². The van der Waals surface area contributed by atoms with Crippen LogP contribution in [0.25, 0.3) is 22.3 Å². The predicted molar refractivity (Wildman–Crippen MR) is 111 cm³/mol. The lowest BCUT2D eigenvalue weighted by Gasteiger charge is -2.37. The van der Waals surface area contributed by atoms with Gasteiger partial charge in [-0.1, -0.05) is 24.2 Å². The van der Waals surface area contributed by atoms with Gasteiger partial charge >= 0.3 is 0 Å². The molecule has 0 saturated carbocycles. The molecule has 2 aromatic carbocycles. The smallest absolute Gasteiger partial charge is 0.279 e. The predicted octanol–water partition coefficient (Wildman–Crippen LogP) is 4.69. The van der Waals surface area contributed by atoms with Crippen molar-refractivity contribution in [2.24, 2.45) is 0 Å². The second kappa shape index (κ2) is 7.99. The van der Waals surface area contributed by atoms with Crippen LogP contribution >= 0.6 is 11.6 Å². The summed E-state index contributed by atoms with van der Waals surface area (Å²) in [5, 5.41) is 0.280. The van der Waals surface area contributed by atoms with E-state index in [0.717, 1.165) is 18.9 Å². The molecule has 1 unspecified atom stereocenters. The van der Waals surface area contributed by atoms with Gasteiger partial charge in [0, 0.05) is 18.2 Å². The van der Waals surface area contributed by atoms with Crippen molar-refractivity contribution in [3.63, 3.8) is 0 Å². The molecule has 1 aliphatic rings. The van der Waals surface area contributed by atoms with Crippen molar-refractivity contribution in [3.8, 4) is 11.3 Å². The Morgan fingerprint density at radius 3 is 2.77 bits per heavy atom. The Balaban J connectivity index is 2.04. The highest BCUT2D eigenvalue weighted by atomic mass is 35.5. The molecule has 30 heavy (non-hydrogen) atoms. The Hall–Kier alpha value is -3.06. The van der Waals surface area contributed by atoms with Gasteiger partial charge in [-0.05, 0) is 49.6 Å². The number of halogens is 3. The van der Waals surface area contributed by atoms with Gasteiger partial charge in [-0.3, -0.25) is 14.2 Å². The van der Waals surface area contributed by atoms with E-state index in [2.05, 4.69) is 11.6 Å². The molecule has 0 bridgehead atoms. The molecule has 1 aliphatic heterocycles. The molecule has 5 nitrogen and oxygen atoms in total. The zero-order chi connectivity index (χ0) is 21.4. The first-order valence-electron chi connectivity index (χ1n) is 9.51. The van der Waals surface area contributed by atoms with Crippen LogP contribution in [0, 0.1) is 11.6 Å². The number of benzene rings is 2. The van der Waals surface area contributed by atoms with E-state index >= 15 is 0 Å². The Kier molecular flexibility index (Phi) is 5.39. The highest BCUT2D eigenvalue weighted by molar-refractivity contribution is 6.34. The fourth-order valence-corrected chi connectivity index (χ4v) is 4.11. The summed E-state index contributed by atoms with van der Waals surface area (Å²) in [6, 6.07) is 7.92. The van der Waals surface area contributed by atoms with Crippen LogP contribution in [0.1, 0.15) is 25.4 Å². The molecule has 3 aromatic rings. The molecular weight excluding hydrogens is 412 g/mol. The number of hydrogen-bond donors (Lipinski definition) is 0. The van der Waals surface area contributed by atoms with E-state index < -0.39 is 23.4 Å². The van der Waals surface area contributed by atoms with Crippen LogP contribution in [-0.4, -0.2) is 26.9 Å². The number of rotatable bonds is 3.